The molecule has 2 atom stereocenters. The second kappa shape index (κ2) is 9.20. The van der Waals surface area contributed by atoms with E-state index in [1.54, 1.807) is 13.0 Å². The lowest BCUT2D eigenvalue weighted by atomic mass is 10.0. The summed E-state index contributed by atoms with van der Waals surface area (Å²) < 4.78 is 12.1. The van der Waals surface area contributed by atoms with Crippen molar-refractivity contribution in [3.8, 4) is 22.6 Å². The quantitative estimate of drug-likeness (QED) is 0.532. The molecule has 30 heavy (non-hydrogen) atoms. The van der Waals surface area contributed by atoms with Crippen molar-refractivity contribution in [2.24, 2.45) is 0 Å². The average molecular weight is 405 g/mol. The van der Waals surface area contributed by atoms with E-state index in [1.807, 2.05) is 29.3 Å². The van der Waals surface area contributed by atoms with Crippen LogP contribution in [0.3, 0.4) is 0 Å². The van der Waals surface area contributed by atoms with Crippen LogP contribution in [0.2, 0.25) is 0 Å². The molecule has 2 aromatic carbocycles. The second-order valence-electron chi connectivity index (χ2n) is 7.51. The zero-order valence-corrected chi connectivity index (χ0v) is 17.3. The molecule has 3 aromatic rings. The molecule has 1 aliphatic rings. The molecule has 0 amide bonds. The van der Waals surface area contributed by atoms with Gasteiger partial charge < -0.3 is 19.6 Å². The minimum atomic E-state index is -0.510. The molecule has 5 nitrogen and oxygen atoms in total. The summed E-state index contributed by atoms with van der Waals surface area (Å²) in [6.45, 7) is 7.16. The number of aromatic amines is 1. The number of nitrogens with one attached hydrogen (secondary N) is 1. The largest absolute Gasteiger partial charge is 0.488 e. The monoisotopic (exact) mass is 404 g/mol. The summed E-state index contributed by atoms with van der Waals surface area (Å²) in [5, 5.41) is 11.2. The standard InChI is InChI=1S/C25H28N2O3/c1-3-15-29-25-16-19(21-8-6-9-23-22(21)12-13-26-23)10-11-24(25)30-17-20-7-4-5-14-27(20)18(2)28/h3-6,8-13,16,18,20,26,28H,1,7,14-15,17H2,2H3. The molecule has 5 heteroatoms. The van der Waals surface area contributed by atoms with Crippen LogP contribution < -0.4 is 9.47 Å². The predicted octanol–water partition coefficient (Wildman–Crippen LogP) is 4.75. The molecule has 2 N–H and O–H groups in total. The third kappa shape index (κ3) is 4.27. The fourth-order valence-corrected chi connectivity index (χ4v) is 3.93. The van der Waals surface area contributed by atoms with Crippen molar-refractivity contribution in [1.29, 1.82) is 0 Å². The second-order valence-corrected chi connectivity index (χ2v) is 7.51. The minimum absolute atomic E-state index is 0.121. The molecule has 0 radical (unpaired) electrons. The number of aliphatic hydroxyl groups excluding tert-OH is 1. The maximum atomic E-state index is 10.0. The van der Waals surface area contributed by atoms with Crippen LogP contribution in [-0.4, -0.2) is 47.0 Å². The summed E-state index contributed by atoms with van der Waals surface area (Å²) in [5.74, 6) is 1.39. The van der Waals surface area contributed by atoms with E-state index in [9.17, 15) is 5.11 Å². The molecular weight excluding hydrogens is 376 g/mol. The Balaban J connectivity index is 1.59. The van der Waals surface area contributed by atoms with Crippen molar-refractivity contribution in [1.82, 2.24) is 9.88 Å². The highest BCUT2D eigenvalue weighted by Crippen LogP contribution is 2.36. The molecule has 0 spiro atoms. The number of H-pyrrole nitrogens is 1. The van der Waals surface area contributed by atoms with Gasteiger partial charge in [0, 0.05) is 29.7 Å². The van der Waals surface area contributed by atoms with Gasteiger partial charge in [-0.15, -0.1) is 0 Å². The van der Waals surface area contributed by atoms with Crippen LogP contribution in [0.1, 0.15) is 13.3 Å². The number of hydrogen-bond acceptors (Lipinski definition) is 4. The molecule has 1 aliphatic heterocycles. The van der Waals surface area contributed by atoms with E-state index in [4.69, 9.17) is 9.47 Å². The Morgan fingerprint density at radius 1 is 1.20 bits per heavy atom. The summed E-state index contributed by atoms with van der Waals surface area (Å²) in [6.07, 6.45) is 8.24. The highest BCUT2D eigenvalue weighted by Gasteiger charge is 2.24. The smallest absolute Gasteiger partial charge is 0.162 e. The Morgan fingerprint density at radius 3 is 2.93 bits per heavy atom. The SMILES string of the molecule is C=CCOc1cc(-c2cccc3[nH]ccc23)ccc1OCC1CC=CCN1C(C)O. The fourth-order valence-electron chi connectivity index (χ4n) is 3.93. The molecule has 0 fully saturated rings. The molecule has 1 aromatic heterocycles. The van der Waals surface area contributed by atoms with Gasteiger partial charge in [0.05, 0.1) is 0 Å². The van der Waals surface area contributed by atoms with Crippen LogP contribution in [0.5, 0.6) is 11.5 Å². The van der Waals surface area contributed by atoms with Gasteiger partial charge in [-0.05, 0) is 48.7 Å². The lowest BCUT2D eigenvalue weighted by Gasteiger charge is -2.34. The van der Waals surface area contributed by atoms with Gasteiger partial charge >= 0.3 is 0 Å². The van der Waals surface area contributed by atoms with E-state index in [1.165, 1.54) is 5.39 Å². The number of nitrogens with zero attached hydrogens (tertiary/aromatic N) is 1. The number of aliphatic hydroxyl groups is 1. The van der Waals surface area contributed by atoms with E-state index in [0.29, 0.717) is 24.7 Å². The molecule has 0 bridgehead atoms. The first-order valence-corrected chi connectivity index (χ1v) is 10.3. The number of benzene rings is 2. The van der Waals surface area contributed by atoms with Crippen LogP contribution >= 0.6 is 0 Å². The Labute approximate surface area is 177 Å². The van der Waals surface area contributed by atoms with Crippen molar-refractivity contribution in [2.45, 2.75) is 25.6 Å². The minimum Gasteiger partial charge on any atom is -0.488 e. The Hall–Kier alpha value is -3.02. The molecule has 0 saturated carbocycles. The highest BCUT2D eigenvalue weighted by molar-refractivity contribution is 5.95. The van der Waals surface area contributed by atoms with Gasteiger partial charge in [-0.3, -0.25) is 4.90 Å². The third-order valence-corrected chi connectivity index (χ3v) is 5.48. The number of fused-ring (bicyclic) bond motifs is 1. The topological polar surface area (TPSA) is 57.7 Å². The summed E-state index contributed by atoms with van der Waals surface area (Å²) in [5.41, 5.74) is 3.31. The molecule has 0 aliphatic carbocycles. The van der Waals surface area contributed by atoms with Crippen molar-refractivity contribution in [3.63, 3.8) is 0 Å². The van der Waals surface area contributed by atoms with Crippen molar-refractivity contribution in [3.05, 3.63) is 73.5 Å². The van der Waals surface area contributed by atoms with Gasteiger partial charge in [0.1, 0.15) is 19.4 Å². The first kappa shape index (κ1) is 20.3. The Morgan fingerprint density at radius 2 is 2.10 bits per heavy atom. The number of rotatable bonds is 8. The average Bonchev–Trinajstić information content (AvgIpc) is 3.25. The van der Waals surface area contributed by atoms with Gasteiger partial charge in [0.25, 0.3) is 0 Å². The molecule has 2 heterocycles. The van der Waals surface area contributed by atoms with E-state index in [-0.39, 0.29) is 6.04 Å². The molecule has 0 saturated heterocycles. The normalized spacial score (nSPS) is 17.7. The lowest BCUT2D eigenvalue weighted by molar-refractivity contribution is -0.0188. The first-order chi connectivity index (χ1) is 14.7. The van der Waals surface area contributed by atoms with Gasteiger partial charge in [0.15, 0.2) is 11.5 Å². The van der Waals surface area contributed by atoms with Crippen LogP contribution in [0.15, 0.2) is 73.5 Å². The summed E-state index contributed by atoms with van der Waals surface area (Å²) >= 11 is 0. The number of hydrogen-bond donors (Lipinski definition) is 2. The maximum absolute atomic E-state index is 10.0. The Kier molecular flexibility index (Phi) is 6.21. The molecule has 156 valence electrons. The van der Waals surface area contributed by atoms with Gasteiger partial charge in [-0.25, -0.2) is 0 Å². The van der Waals surface area contributed by atoms with E-state index in [2.05, 4.69) is 48.0 Å². The number of ether oxygens (including phenoxy) is 2. The van der Waals surface area contributed by atoms with Crippen molar-refractivity contribution >= 4 is 10.9 Å². The number of aromatic nitrogens is 1. The van der Waals surface area contributed by atoms with E-state index >= 15 is 0 Å². The van der Waals surface area contributed by atoms with Crippen LogP contribution in [0.25, 0.3) is 22.0 Å². The summed E-state index contributed by atoms with van der Waals surface area (Å²) in [7, 11) is 0. The van der Waals surface area contributed by atoms with Gasteiger partial charge in [-0.2, -0.15) is 0 Å². The zero-order chi connectivity index (χ0) is 20.9. The van der Waals surface area contributed by atoms with E-state index < -0.39 is 6.23 Å². The van der Waals surface area contributed by atoms with Gasteiger partial charge in [0.2, 0.25) is 0 Å². The summed E-state index contributed by atoms with van der Waals surface area (Å²) in [4.78, 5) is 5.29. The molecule has 2 unspecified atom stereocenters. The summed E-state index contributed by atoms with van der Waals surface area (Å²) in [6, 6.07) is 14.5. The van der Waals surface area contributed by atoms with Gasteiger partial charge in [-0.1, -0.05) is 43.0 Å². The van der Waals surface area contributed by atoms with Crippen LogP contribution in [-0.2, 0) is 0 Å². The third-order valence-electron chi connectivity index (χ3n) is 5.48. The zero-order valence-electron chi connectivity index (χ0n) is 17.3. The predicted molar refractivity (Wildman–Crippen MR) is 121 cm³/mol. The van der Waals surface area contributed by atoms with Crippen LogP contribution in [0.4, 0.5) is 0 Å². The lowest BCUT2D eigenvalue weighted by Crippen LogP contribution is -2.46. The van der Waals surface area contributed by atoms with Crippen molar-refractivity contribution in [2.75, 3.05) is 19.8 Å². The fraction of sp³-hybridized carbons (Fsp3) is 0.280. The van der Waals surface area contributed by atoms with E-state index in [0.717, 1.165) is 29.6 Å². The Bertz CT molecular complexity index is 1040. The first-order valence-electron chi connectivity index (χ1n) is 10.3. The van der Waals surface area contributed by atoms with Crippen molar-refractivity contribution < 1.29 is 14.6 Å². The highest BCUT2D eigenvalue weighted by atomic mass is 16.5. The van der Waals surface area contributed by atoms with Crippen LogP contribution in [0, 0.1) is 0 Å². The molecule has 4 rings (SSSR count). The molecular formula is C25H28N2O3. The maximum Gasteiger partial charge on any atom is 0.162 e.